The van der Waals surface area contributed by atoms with Crippen LogP contribution in [0.5, 0.6) is 5.75 Å². The van der Waals surface area contributed by atoms with E-state index in [9.17, 15) is 9.59 Å². The minimum Gasteiger partial charge on any atom is -0.496 e. The van der Waals surface area contributed by atoms with Gasteiger partial charge < -0.3 is 4.74 Å². The van der Waals surface area contributed by atoms with Gasteiger partial charge >= 0.3 is 0 Å². The highest BCUT2D eigenvalue weighted by molar-refractivity contribution is 6.21. The van der Waals surface area contributed by atoms with Crippen LogP contribution >= 0.6 is 0 Å². The Kier molecular flexibility index (Phi) is 5.07. The third-order valence-electron chi connectivity index (χ3n) is 7.09. The van der Waals surface area contributed by atoms with Crippen LogP contribution in [0.15, 0.2) is 42.5 Å². The van der Waals surface area contributed by atoms with Crippen LogP contribution in [0.3, 0.4) is 0 Å². The highest BCUT2D eigenvalue weighted by Gasteiger charge is 2.39. The molecule has 5 nitrogen and oxygen atoms in total. The van der Waals surface area contributed by atoms with E-state index in [1.165, 1.54) is 28.9 Å². The van der Waals surface area contributed by atoms with Crippen LogP contribution in [-0.4, -0.2) is 54.4 Å². The number of fused-ring (bicyclic) bond motifs is 4. The zero-order valence-corrected chi connectivity index (χ0v) is 17.5. The molecule has 5 heteroatoms. The molecule has 2 aromatic rings. The molecule has 3 aliphatic rings. The molecule has 2 amide bonds. The molecule has 0 unspecified atom stereocenters. The standard InChI is InChI=1S/C25H28N2O3/c1-30-23-10-6-9-17-18-13-16-26(22(18)12-11-19(17)23)14-4-5-15-27-24(28)20-7-2-3-8-21(20)25(27)29/h2-3,6-10,18,22H,4-5,11-16H2,1H3/t18-,22+/m0/s1. The Balaban J connectivity index is 1.16. The van der Waals surface area contributed by atoms with Gasteiger partial charge in [0.05, 0.1) is 18.2 Å². The molecular weight excluding hydrogens is 376 g/mol. The van der Waals surface area contributed by atoms with Crippen molar-refractivity contribution in [1.29, 1.82) is 0 Å². The molecule has 2 atom stereocenters. The van der Waals surface area contributed by atoms with Crippen LogP contribution in [0.2, 0.25) is 0 Å². The number of hydrogen-bond donors (Lipinski definition) is 0. The number of likely N-dealkylation sites (tertiary alicyclic amines) is 1. The first kappa shape index (κ1) is 19.3. The second-order valence-corrected chi connectivity index (χ2v) is 8.58. The Morgan fingerprint density at radius 3 is 2.40 bits per heavy atom. The number of imide groups is 1. The molecule has 2 aromatic carbocycles. The largest absolute Gasteiger partial charge is 0.496 e. The van der Waals surface area contributed by atoms with Crippen molar-refractivity contribution in [3.63, 3.8) is 0 Å². The van der Waals surface area contributed by atoms with Crippen LogP contribution < -0.4 is 4.74 Å². The van der Waals surface area contributed by atoms with E-state index in [4.69, 9.17) is 4.74 Å². The van der Waals surface area contributed by atoms with Gasteiger partial charge in [-0.2, -0.15) is 0 Å². The molecule has 156 valence electrons. The lowest BCUT2D eigenvalue weighted by Crippen LogP contribution is -2.36. The molecule has 5 rings (SSSR count). The fourth-order valence-corrected chi connectivity index (χ4v) is 5.65. The summed E-state index contributed by atoms with van der Waals surface area (Å²) in [5, 5.41) is 0. The molecule has 0 N–H and O–H groups in total. The van der Waals surface area contributed by atoms with Gasteiger partial charge in [0, 0.05) is 18.5 Å². The van der Waals surface area contributed by atoms with E-state index < -0.39 is 0 Å². The first-order chi connectivity index (χ1) is 14.7. The molecule has 0 radical (unpaired) electrons. The highest BCUT2D eigenvalue weighted by Crippen LogP contribution is 2.44. The molecule has 1 fully saturated rings. The first-order valence-electron chi connectivity index (χ1n) is 11.0. The SMILES string of the molecule is COc1cccc2c1CC[C@@H]1[C@H]2CCN1CCCCN1C(=O)c2ccccc2C1=O. The van der Waals surface area contributed by atoms with E-state index in [0.29, 0.717) is 29.6 Å². The topological polar surface area (TPSA) is 49.9 Å². The predicted molar refractivity (Wildman–Crippen MR) is 115 cm³/mol. The molecule has 0 saturated carbocycles. The van der Waals surface area contributed by atoms with Crippen molar-refractivity contribution >= 4 is 11.8 Å². The van der Waals surface area contributed by atoms with Gasteiger partial charge in [0.2, 0.25) is 0 Å². The number of benzene rings is 2. The summed E-state index contributed by atoms with van der Waals surface area (Å²) in [6.07, 6.45) is 5.30. The van der Waals surface area contributed by atoms with Gasteiger partial charge in [-0.05, 0) is 74.5 Å². The normalized spacial score (nSPS) is 22.8. The number of nitrogens with zero attached hydrogens (tertiary/aromatic N) is 2. The highest BCUT2D eigenvalue weighted by atomic mass is 16.5. The molecular formula is C25H28N2O3. The lowest BCUT2D eigenvalue weighted by molar-refractivity contribution is 0.0650. The number of carbonyl (C=O) groups excluding carboxylic acids is 2. The predicted octanol–water partition coefficient (Wildman–Crippen LogP) is 3.88. The van der Waals surface area contributed by atoms with E-state index in [0.717, 1.165) is 38.1 Å². The summed E-state index contributed by atoms with van der Waals surface area (Å²) < 4.78 is 5.58. The lowest BCUT2D eigenvalue weighted by atomic mass is 9.79. The van der Waals surface area contributed by atoms with Crippen molar-refractivity contribution in [2.75, 3.05) is 26.7 Å². The number of unbranched alkanes of at least 4 members (excludes halogenated alkanes) is 1. The van der Waals surface area contributed by atoms with Gasteiger partial charge in [-0.15, -0.1) is 0 Å². The lowest BCUT2D eigenvalue weighted by Gasteiger charge is -2.34. The zero-order valence-electron chi connectivity index (χ0n) is 17.5. The first-order valence-corrected chi connectivity index (χ1v) is 11.0. The Hall–Kier alpha value is -2.66. The molecule has 1 saturated heterocycles. The Morgan fingerprint density at radius 1 is 0.933 bits per heavy atom. The average molecular weight is 405 g/mol. The van der Waals surface area contributed by atoms with Crippen LogP contribution in [0.1, 0.15) is 63.4 Å². The molecule has 0 bridgehead atoms. The molecule has 1 aliphatic carbocycles. The zero-order chi connectivity index (χ0) is 20.7. The Morgan fingerprint density at radius 2 is 1.67 bits per heavy atom. The minimum absolute atomic E-state index is 0.144. The maximum Gasteiger partial charge on any atom is 0.261 e. The summed E-state index contributed by atoms with van der Waals surface area (Å²) in [5.74, 6) is 1.34. The summed E-state index contributed by atoms with van der Waals surface area (Å²) in [4.78, 5) is 29.0. The van der Waals surface area contributed by atoms with E-state index in [-0.39, 0.29) is 11.8 Å². The maximum atomic E-state index is 12.5. The van der Waals surface area contributed by atoms with Crippen molar-refractivity contribution in [3.05, 3.63) is 64.7 Å². The summed E-state index contributed by atoms with van der Waals surface area (Å²) in [5.41, 5.74) is 3.95. The smallest absolute Gasteiger partial charge is 0.261 e. The number of methoxy groups -OCH3 is 1. The van der Waals surface area contributed by atoms with Gasteiger partial charge in [-0.25, -0.2) is 0 Å². The average Bonchev–Trinajstić information content (AvgIpc) is 3.31. The Bertz CT molecular complexity index is 951. The van der Waals surface area contributed by atoms with E-state index in [1.807, 2.05) is 12.1 Å². The van der Waals surface area contributed by atoms with Crippen LogP contribution in [0.25, 0.3) is 0 Å². The number of amides is 2. The quantitative estimate of drug-likeness (QED) is 0.542. The summed E-state index contributed by atoms with van der Waals surface area (Å²) in [6.45, 7) is 2.66. The van der Waals surface area contributed by atoms with Gasteiger partial charge in [-0.1, -0.05) is 24.3 Å². The number of rotatable bonds is 6. The van der Waals surface area contributed by atoms with Crippen molar-refractivity contribution < 1.29 is 14.3 Å². The van der Waals surface area contributed by atoms with E-state index in [2.05, 4.69) is 23.1 Å². The minimum atomic E-state index is -0.144. The third-order valence-corrected chi connectivity index (χ3v) is 7.09. The maximum absolute atomic E-state index is 12.5. The van der Waals surface area contributed by atoms with Crippen molar-refractivity contribution in [2.45, 2.75) is 44.1 Å². The van der Waals surface area contributed by atoms with Crippen LogP contribution in [0, 0.1) is 0 Å². The molecule has 2 heterocycles. The van der Waals surface area contributed by atoms with Crippen molar-refractivity contribution in [1.82, 2.24) is 9.80 Å². The molecule has 0 spiro atoms. The molecule has 0 aromatic heterocycles. The summed E-state index contributed by atoms with van der Waals surface area (Å²) in [7, 11) is 1.76. The van der Waals surface area contributed by atoms with Gasteiger partial charge in [0.15, 0.2) is 0 Å². The fraction of sp³-hybridized carbons (Fsp3) is 0.440. The third kappa shape index (κ3) is 3.12. The van der Waals surface area contributed by atoms with Crippen LogP contribution in [-0.2, 0) is 6.42 Å². The monoisotopic (exact) mass is 404 g/mol. The Labute approximate surface area is 177 Å². The summed E-state index contributed by atoms with van der Waals surface area (Å²) >= 11 is 0. The summed E-state index contributed by atoms with van der Waals surface area (Å²) in [6, 6.07) is 14.2. The van der Waals surface area contributed by atoms with E-state index >= 15 is 0 Å². The molecule has 30 heavy (non-hydrogen) atoms. The van der Waals surface area contributed by atoms with Gasteiger partial charge in [0.25, 0.3) is 11.8 Å². The number of carbonyl (C=O) groups is 2. The second-order valence-electron chi connectivity index (χ2n) is 8.58. The fourth-order valence-electron chi connectivity index (χ4n) is 5.65. The van der Waals surface area contributed by atoms with E-state index in [1.54, 1.807) is 19.2 Å². The number of hydrogen-bond acceptors (Lipinski definition) is 4. The van der Waals surface area contributed by atoms with Crippen molar-refractivity contribution in [2.24, 2.45) is 0 Å². The van der Waals surface area contributed by atoms with Gasteiger partial charge in [-0.3, -0.25) is 19.4 Å². The second kappa shape index (κ2) is 7.88. The number of ether oxygens (including phenoxy) is 1. The van der Waals surface area contributed by atoms with Crippen LogP contribution in [0.4, 0.5) is 0 Å². The molecule has 2 aliphatic heterocycles. The van der Waals surface area contributed by atoms with Gasteiger partial charge in [0.1, 0.15) is 5.75 Å². The van der Waals surface area contributed by atoms with Crippen molar-refractivity contribution in [3.8, 4) is 5.75 Å².